The number of benzene rings is 2. The van der Waals surface area contributed by atoms with Crippen molar-refractivity contribution in [2.24, 2.45) is 0 Å². The smallest absolute Gasteiger partial charge is 0.234 e. The zero-order chi connectivity index (χ0) is 19.4. The van der Waals surface area contributed by atoms with Crippen LogP contribution < -0.4 is 10.1 Å². The number of nitrogens with one attached hydrogen (secondary N) is 2. The number of rotatable bonds is 6. The van der Waals surface area contributed by atoms with Crippen LogP contribution in [0.3, 0.4) is 0 Å². The maximum absolute atomic E-state index is 12.2. The molecule has 0 atom stereocenters. The van der Waals surface area contributed by atoms with Gasteiger partial charge >= 0.3 is 0 Å². The first-order valence-corrected chi connectivity index (χ1v) is 10.5. The second-order valence-electron chi connectivity index (χ2n) is 5.27. The first-order valence-electron chi connectivity index (χ1n) is 7.60. The maximum atomic E-state index is 12.2. The molecule has 0 saturated heterocycles. The van der Waals surface area contributed by atoms with E-state index in [2.05, 4.69) is 52.4 Å². The van der Waals surface area contributed by atoms with Gasteiger partial charge < -0.3 is 10.1 Å². The van der Waals surface area contributed by atoms with Crippen molar-refractivity contribution in [3.8, 4) is 17.1 Å². The Balaban J connectivity index is 1.65. The minimum Gasteiger partial charge on any atom is -0.496 e. The van der Waals surface area contributed by atoms with Crippen molar-refractivity contribution in [1.82, 2.24) is 15.2 Å². The molecule has 0 saturated carbocycles. The second-order valence-corrected chi connectivity index (χ2v) is 8.42. The van der Waals surface area contributed by atoms with Crippen molar-refractivity contribution in [1.29, 1.82) is 0 Å². The van der Waals surface area contributed by atoms with Crippen LogP contribution in [0.1, 0.15) is 0 Å². The number of ether oxygens (including phenoxy) is 1. The van der Waals surface area contributed by atoms with Gasteiger partial charge in [-0.2, -0.15) is 0 Å². The quantitative estimate of drug-likeness (QED) is 0.416. The largest absolute Gasteiger partial charge is 0.496 e. The van der Waals surface area contributed by atoms with Gasteiger partial charge in [-0.3, -0.25) is 9.89 Å². The molecule has 0 unspecified atom stereocenters. The first kappa shape index (κ1) is 20.2. The highest BCUT2D eigenvalue weighted by atomic mass is 79.9. The fraction of sp³-hybridized carbons (Fsp3) is 0.118. The Kier molecular flexibility index (Phi) is 6.80. The number of methoxy groups -OCH3 is 1. The highest BCUT2D eigenvalue weighted by molar-refractivity contribution is 9.11. The number of amides is 1. The van der Waals surface area contributed by atoms with E-state index in [4.69, 9.17) is 16.3 Å². The minimum absolute atomic E-state index is 0.162. The van der Waals surface area contributed by atoms with Gasteiger partial charge in [0.25, 0.3) is 0 Å². The summed E-state index contributed by atoms with van der Waals surface area (Å²) in [6.07, 6.45) is 0. The van der Waals surface area contributed by atoms with Crippen LogP contribution >= 0.6 is 55.2 Å². The summed E-state index contributed by atoms with van der Waals surface area (Å²) >= 11 is 14.1. The van der Waals surface area contributed by atoms with Crippen LogP contribution in [0.5, 0.6) is 5.75 Å². The van der Waals surface area contributed by atoms with Crippen molar-refractivity contribution in [2.45, 2.75) is 5.16 Å². The van der Waals surface area contributed by atoms with Crippen LogP contribution in [-0.4, -0.2) is 34.0 Å². The lowest BCUT2D eigenvalue weighted by Gasteiger charge is -2.07. The van der Waals surface area contributed by atoms with Crippen molar-refractivity contribution in [3.63, 3.8) is 0 Å². The molecule has 3 rings (SSSR count). The molecule has 10 heteroatoms. The van der Waals surface area contributed by atoms with Crippen LogP contribution in [0.4, 0.5) is 5.69 Å². The fourth-order valence-electron chi connectivity index (χ4n) is 2.21. The van der Waals surface area contributed by atoms with Gasteiger partial charge in [0, 0.05) is 14.0 Å². The molecule has 0 spiro atoms. The number of H-pyrrole nitrogens is 1. The molecule has 1 amide bonds. The van der Waals surface area contributed by atoms with Crippen LogP contribution in [0.25, 0.3) is 11.4 Å². The Labute approximate surface area is 181 Å². The van der Waals surface area contributed by atoms with Crippen LogP contribution in [0.2, 0.25) is 5.02 Å². The molecular weight excluding hydrogens is 520 g/mol. The molecule has 6 nitrogen and oxygen atoms in total. The number of halogens is 3. The van der Waals surface area contributed by atoms with Gasteiger partial charge in [-0.1, -0.05) is 39.3 Å². The highest BCUT2D eigenvalue weighted by Crippen LogP contribution is 2.31. The zero-order valence-electron chi connectivity index (χ0n) is 13.9. The Morgan fingerprint density at radius 1 is 1.30 bits per heavy atom. The summed E-state index contributed by atoms with van der Waals surface area (Å²) in [6.45, 7) is 0. The predicted molar refractivity (Wildman–Crippen MR) is 115 cm³/mol. The zero-order valence-corrected chi connectivity index (χ0v) is 18.7. The highest BCUT2D eigenvalue weighted by Gasteiger charge is 2.14. The molecule has 140 valence electrons. The first-order chi connectivity index (χ1) is 13.0. The van der Waals surface area contributed by atoms with Crippen LogP contribution in [-0.2, 0) is 4.79 Å². The third-order valence-corrected chi connectivity index (χ3v) is 5.68. The van der Waals surface area contributed by atoms with E-state index in [-0.39, 0.29) is 11.7 Å². The number of nitrogens with zero attached hydrogens (tertiary/aromatic N) is 2. The molecule has 0 aliphatic rings. The molecule has 2 aromatic carbocycles. The minimum atomic E-state index is -0.162. The molecule has 0 bridgehead atoms. The van der Waals surface area contributed by atoms with Gasteiger partial charge in [0.2, 0.25) is 11.1 Å². The Morgan fingerprint density at radius 2 is 2.11 bits per heavy atom. The topological polar surface area (TPSA) is 79.9 Å². The summed E-state index contributed by atoms with van der Waals surface area (Å²) in [5.41, 5.74) is 1.39. The number of carbonyl (C=O) groups is 1. The van der Waals surface area contributed by atoms with Crippen molar-refractivity contribution in [2.75, 3.05) is 18.2 Å². The van der Waals surface area contributed by atoms with E-state index in [0.29, 0.717) is 33.0 Å². The summed E-state index contributed by atoms with van der Waals surface area (Å²) < 4.78 is 7.00. The van der Waals surface area contributed by atoms with Crippen LogP contribution in [0, 0.1) is 0 Å². The van der Waals surface area contributed by atoms with E-state index >= 15 is 0 Å². The van der Waals surface area contributed by atoms with E-state index in [1.807, 2.05) is 18.2 Å². The number of aromatic nitrogens is 3. The SMILES string of the molecule is COc1ccc(Cl)cc1-c1nc(SCC(=O)Nc2cc(Br)ccc2Br)n[nH]1. The molecule has 1 aromatic heterocycles. The third-order valence-electron chi connectivity index (χ3n) is 3.42. The monoisotopic (exact) mass is 530 g/mol. The summed E-state index contributed by atoms with van der Waals surface area (Å²) in [5.74, 6) is 1.16. The third kappa shape index (κ3) is 5.25. The number of carbonyl (C=O) groups excluding carboxylic acids is 1. The maximum Gasteiger partial charge on any atom is 0.234 e. The molecule has 27 heavy (non-hydrogen) atoms. The lowest BCUT2D eigenvalue weighted by atomic mass is 10.2. The number of thioether (sulfide) groups is 1. The Hall–Kier alpha value is -1.55. The summed E-state index contributed by atoms with van der Waals surface area (Å²) in [5, 5.41) is 10.9. The van der Waals surface area contributed by atoms with Crippen molar-refractivity contribution >= 4 is 66.8 Å². The average Bonchev–Trinajstić information content (AvgIpc) is 3.12. The van der Waals surface area contributed by atoms with Gasteiger partial charge in [-0.15, -0.1) is 5.10 Å². The fourth-order valence-corrected chi connectivity index (χ4v) is 3.68. The van der Waals surface area contributed by atoms with Gasteiger partial charge in [0.05, 0.1) is 24.1 Å². The number of anilines is 1. The van der Waals surface area contributed by atoms with Gasteiger partial charge in [-0.05, 0) is 52.3 Å². The normalized spacial score (nSPS) is 10.7. The summed E-state index contributed by atoms with van der Waals surface area (Å²) in [6, 6.07) is 10.8. The lowest BCUT2D eigenvalue weighted by Crippen LogP contribution is -2.14. The number of aromatic amines is 1. The summed E-state index contributed by atoms with van der Waals surface area (Å²) in [7, 11) is 1.57. The molecular formula is C17H13Br2ClN4O2S. The van der Waals surface area contributed by atoms with Gasteiger partial charge in [-0.25, -0.2) is 4.98 Å². The molecule has 0 aliphatic heterocycles. The van der Waals surface area contributed by atoms with Crippen LogP contribution in [0.15, 0.2) is 50.5 Å². The van der Waals surface area contributed by atoms with E-state index in [9.17, 15) is 4.79 Å². The van der Waals surface area contributed by atoms with E-state index in [0.717, 1.165) is 8.95 Å². The number of hydrogen-bond acceptors (Lipinski definition) is 5. The van der Waals surface area contributed by atoms with Crippen molar-refractivity contribution in [3.05, 3.63) is 50.4 Å². The predicted octanol–water partition coefficient (Wildman–Crippen LogP) is 5.39. The Bertz CT molecular complexity index is 983. The lowest BCUT2D eigenvalue weighted by molar-refractivity contribution is -0.113. The number of hydrogen-bond donors (Lipinski definition) is 2. The van der Waals surface area contributed by atoms with E-state index in [1.54, 1.807) is 25.3 Å². The standard InChI is InChI=1S/C17H13Br2ClN4O2S/c1-26-14-5-3-10(20)7-11(14)16-22-17(24-23-16)27-8-15(25)21-13-6-9(18)2-4-12(13)19/h2-7H,8H2,1H3,(H,21,25)(H,22,23,24). The molecule has 0 fully saturated rings. The summed E-state index contributed by atoms with van der Waals surface area (Å²) in [4.78, 5) is 16.6. The molecule has 0 radical (unpaired) electrons. The van der Waals surface area contributed by atoms with E-state index < -0.39 is 0 Å². The van der Waals surface area contributed by atoms with Gasteiger partial charge in [0.1, 0.15) is 5.75 Å². The molecule has 2 N–H and O–H groups in total. The Morgan fingerprint density at radius 3 is 2.89 bits per heavy atom. The molecule has 3 aromatic rings. The average molecular weight is 533 g/mol. The van der Waals surface area contributed by atoms with E-state index in [1.165, 1.54) is 11.8 Å². The molecule has 0 aliphatic carbocycles. The second kappa shape index (κ2) is 9.09. The van der Waals surface area contributed by atoms with Crippen molar-refractivity contribution < 1.29 is 9.53 Å². The van der Waals surface area contributed by atoms with Gasteiger partial charge in [0.15, 0.2) is 5.82 Å². The molecule has 1 heterocycles.